The summed E-state index contributed by atoms with van der Waals surface area (Å²) in [6.07, 6.45) is 2.81. The van der Waals surface area contributed by atoms with Gasteiger partial charge in [-0.15, -0.1) is 11.3 Å². The van der Waals surface area contributed by atoms with Gasteiger partial charge in [0.15, 0.2) is 6.61 Å². The number of nitrogens with one attached hydrogen (secondary N) is 1. The molecule has 1 amide bonds. The van der Waals surface area contributed by atoms with E-state index in [1.54, 1.807) is 5.38 Å². The van der Waals surface area contributed by atoms with Crippen molar-refractivity contribution in [3.63, 3.8) is 0 Å². The van der Waals surface area contributed by atoms with Gasteiger partial charge in [0.1, 0.15) is 11.6 Å². The summed E-state index contributed by atoms with van der Waals surface area (Å²) >= 11 is 1.54. The molecule has 0 saturated carbocycles. The summed E-state index contributed by atoms with van der Waals surface area (Å²) in [5.41, 5.74) is 1.36. The largest absolute Gasteiger partial charge is 0.452 e. The summed E-state index contributed by atoms with van der Waals surface area (Å²) in [4.78, 5) is 25.2. The molecule has 1 heterocycles. The van der Waals surface area contributed by atoms with Gasteiger partial charge in [0, 0.05) is 16.3 Å². The van der Waals surface area contributed by atoms with E-state index in [4.69, 9.17) is 4.74 Å². The summed E-state index contributed by atoms with van der Waals surface area (Å²) in [6.45, 7) is 1.65. The SMILES string of the molecule is CC1CCc2c(C(=O)OCC(=O)Nc3ccc(F)cc3F)csc2C1. The molecule has 1 atom stereocenters. The number of hydrogen-bond donors (Lipinski definition) is 1. The monoisotopic (exact) mass is 365 g/mol. The number of thiophene rings is 1. The lowest BCUT2D eigenvalue weighted by atomic mass is 9.88. The van der Waals surface area contributed by atoms with Gasteiger partial charge >= 0.3 is 5.97 Å². The van der Waals surface area contributed by atoms with Crippen molar-refractivity contribution >= 4 is 28.9 Å². The van der Waals surface area contributed by atoms with Crippen LogP contribution in [0.25, 0.3) is 0 Å². The zero-order chi connectivity index (χ0) is 18.0. The van der Waals surface area contributed by atoms with Crippen molar-refractivity contribution in [1.82, 2.24) is 0 Å². The van der Waals surface area contributed by atoms with Gasteiger partial charge in [-0.05, 0) is 42.9 Å². The molecular formula is C18H17F2NO3S. The van der Waals surface area contributed by atoms with Crippen LogP contribution >= 0.6 is 11.3 Å². The Kier molecular flexibility index (Phi) is 5.13. The number of anilines is 1. The maximum Gasteiger partial charge on any atom is 0.339 e. The van der Waals surface area contributed by atoms with E-state index < -0.39 is 30.1 Å². The lowest BCUT2D eigenvalue weighted by Gasteiger charge is -2.18. The van der Waals surface area contributed by atoms with Crippen LogP contribution in [0.3, 0.4) is 0 Å². The highest BCUT2D eigenvalue weighted by Gasteiger charge is 2.24. The standard InChI is InChI=1S/C18H17F2NO3S/c1-10-2-4-12-13(9-25-16(12)6-10)18(23)24-8-17(22)21-15-5-3-11(19)7-14(15)20/h3,5,7,9-10H,2,4,6,8H2,1H3,(H,21,22). The second-order valence-corrected chi connectivity index (χ2v) is 7.11. The average Bonchev–Trinajstić information content (AvgIpc) is 2.98. The van der Waals surface area contributed by atoms with Gasteiger partial charge in [0.2, 0.25) is 0 Å². The minimum atomic E-state index is -0.888. The molecule has 0 aliphatic heterocycles. The number of hydrogen-bond acceptors (Lipinski definition) is 4. The van der Waals surface area contributed by atoms with Crippen molar-refractivity contribution in [2.45, 2.75) is 26.2 Å². The molecule has 0 bridgehead atoms. The molecule has 1 aromatic carbocycles. The van der Waals surface area contributed by atoms with Gasteiger partial charge in [0.05, 0.1) is 11.3 Å². The van der Waals surface area contributed by atoms with Crippen molar-refractivity contribution in [3.8, 4) is 0 Å². The molecular weight excluding hydrogens is 348 g/mol. The fraction of sp³-hybridized carbons (Fsp3) is 0.333. The molecule has 0 fully saturated rings. The minimum absolute atomic E-state index is 0.163. The first-order chi connectivity index (χ1) is 11.9. The van der Waals surface area contributed by atoms with Crippen LogP contribution in [0, 0.1) is 17.6 Å². The lowest BCUT2D eigenvalue weighted by molar-refractivity contribution is -0.119. The summed E-state index contributed by atoms with van der Waals surface area (Å²) in [6, 6.07) is 2.81. The summed E-state index contributed by atoms with van der Waals surface area (Å²) in [5, 5.41) is 4.02. The number of benzene rings is 1. The molecule has 0 spiro atoms. The second kappa shape index (κ2) is 7.31. The van der Waals surface area contributed by atoms with Crippen molar-refractivity contribution < 1.29 is 23.1 Å². The number of amides is 1. The van der Waals surface area contributed by atoms with Crippen LogP contribution in [0.5, 0.6) is 0 Å². The Balaban J connectivity index is 1.58. The van der Waals surface area contributed by atoms with Crippen LogP contribution in [0.2, 0.25) is 0 Å². The minimum Gasteiger partial charge on any atom is -0.452 e. The van der Waals surface area contributed by atoms with Crippen LogP contribution in [0.1, 0.15) is 34.1 Å². The Morgan fingerprint density at radius 2 is 2.16 bits per heavy atom. The molecule has 1 aliphatic rings. The first-order valence-corrected chi connectivity index (χ1v) is 8.83. The quantitative estimate of drug-likeness (QED) is 0.835. The van der Waals surface area contributed by atoms with Crippen LogP contribution in [-0.4, -0.2) is 18.5 Å². The lowest BCUT2D eigenvalue weighted by Crippen LogP contribution is -2.22. The van der Waals surface area contributed by atoms with Crippen molar-refractivity contribution in [2.75, 3.05) is 11.9 Å². The molecule has 1 N–H and O–H groups in total. The predicted molar refractivity (Wildman–Crippen MR) is 90.8 cm³/mol. The molecule has 0 radical (unpaired) electrons. The number of rotatable bonds is 4. The van der Waals surface area contributed by atoms with E-state index in [2.05, 4.69) is 12.2 Å². The van der Waals surface area contributed by atoms with Crippen LogP contribution < -0.4 is 5.32 Å². The van der Waals surface area contributed by atoms with Gasteiger partial charge in [-0.2, -0.15) is 0 Å². The Labute approximate surface area is 147 Å². The third kappa shape index (κ3) is 4.04. The fourth-order valence-corrected chi connectivity index (χ4v) is 4.07. The number of carbonyl (C=O) groups excluding carboxylic acids is 2. The zero-order valence-corrected chi connectivity index (χ0v) is 14.4. The van der Waals surface area contributed by atoms with Crippen LogP contribution in [-0.2, 0) is 22.4 Å². The molecule has 3 rings (SSSR count). The molecule has 7 heteroatoms. The molecule has 1 aromatic heterocycles. The predicted octanol–water partition coefficient (Wildman–Crippen LogP) is 3.95. The van der Waals surface area contributed by atoms with E-state index in [1.807, 2.05) is 0 Å². The second-order valence-electron chi connectivity index (χ2n) is 6.15. The Morgan fingerprint density at radius 1 is 1.36 bits per heavy atom. The van der Waals surface area contributed by atoms with E-state index in [0.29, 0.717) is 17.5 Å². The number of ether oxygens (including phenoxy) is 1. The van der Waals surface area contributed by atoms with Crippen molar-refractivity contribution in [2.24, 2.45) is 5.92 Å². The summed E-state index contributed by atoms with van der Waals surface area (Å²) < 4.78 is 31.4. The first kappa shape index (κ1) is 17.5. The molecule has 25 heavy (non-hydrogen) atoms. The third-order valence-electron chi connectivity index (χ3n) is 4.16. The van der Waals surface area contributed by atoms with E-state index in [0.717, 1.165) is 37.0 Å². The highest BCUT2D eigenvalue weighted by Crippen LogP contribution is 2.33. The smallest absolute Gasteiger partial charge is 0.339 e. The normalized spacial score (nSPS) is 16.2. The summed E-state index contributed by atoms with van der Waals surface area (Å²) in [7, 11) is 0. The Hall–Kier alpha value is -2.28. The van der Waals surface area contributed by atoms with Crippen molar-refractivity contribution in [1.29, 1.82) is 0 Å². The highest BCUT2D eigenvalue weighted by atomic mass is 32.1. The van der Waals surface area contributed by atoms with E-state index in [1.165, 1.54) is 16.2 Å². The molecule has 132 valence electrons. The number of carbonyl (C=O) groups is 2. The van der Waals surface area contributed by atoms with Gasteiger partial charge in [0.25, 0.3) is 5.91 Å². The maximum absolute atomic E-state index is 13.5. The molecule has 0 saturated heterocycles. The Morgan fingerprint density at radius 3 is 2.92 bits per heavy atom. The highest BCUT2D eigenvalue weighted by molar-refractivity contribution is 7.10. The van der Waals surface area contributed by atoms with E-state index >= 15 is 0 Å². The molecule has 4 nitrogen and oxygen atoms in total. The summed E-state index contributed by atoms with van der Waals surface area (Å²) in [5.74, 6) is -2.26. The van der Waals surface area contributed by atoms with E-state index in [9.17, 15) is 18.4 Å². The topological polar surface area (TPSA) is 55.4 Å². The average molecular weight is 365 g/mol. The first-order valence-electron chi connectivity index (χ1n) is 7.95. The number of fused-ring (bicyclic) bond motifs is 1. The number of halogens is 2. The van der Waals surface area contributed by atoms with Crippen molar-refractivity contribution in [3.05, 3.63) is 51.2 Å². The fourth-order valence-electron chi connectivity index (χ4n) is 2.83. The molecule has 1 unspecified atom stereocenters. The van der Waals surface area contributed by atoms with Gasteiger partial charge in [-0.3, -0.25) is 4.79 Å². The third-order valence-corrected chi connectivity index (χ3v) is 5.21. The maximum atomic E-state index is 13.5. The number of esters is 1. The zero-order valence-electron chi connectivity index (χ0n) is 13.6. The van der Waals surface area contributed by atoms with Gasteiger partial charge in [-0.25, -0.2) is 13.6 Å². The van der Waals surface area contributed by atoms with Crippen LogP contribution in [0.4, 0.5) is 14.5 Å². The molecule has 2 aromatic rings. The van der Waals surface area contributed by atoms with Crippen LogP contribution in [0.15, 0.2) is 23.6 Å². The Bertz CT molecular complexity index is 819. The van der Waals surface area contributed by atoms with Gasteiger partial charge < -0.3 is 10.1 Å². The molecule has 1 aliphatic carbocycles. The van der Waals surface area contributed by atoms with E-state index in [-0.39, 0.29) is 5.69 Å². The van der Waals surface area contributed by atoms with Gasteiger partial charge in [-0.1, -0.05) is 6.92 Å².